The van der Waals surface area contributed by atoms with Crippen LogP contribution in [0, 0.1) is 0 Å². The van der Waals surface area contributed by atoms with Crippen LogP contribution in [0.15, 0.2) is 35.3 Å². The number of phenolic OH excluding ortho intramolecular Hbond substituents is 1. The lowest BCUT2D eigenvalue weighted by Crippen LogP contribution is -2.16. The van der Waals surface area contributed by atoms with Gasteiger partial charge in [-0.1, -0.05) is 12.1 Å². The zero-order valence-electron chi connectivity index (χ0n) is 8.19. The quantitative estimate of drug-likeness (QED) is 0.682. The lowest BCUT2D eigenvalue weighted by atomic mass is 10.3. The van der Waals surface area contributed by atoms with Crippen LogP contribution in [0.2, 0.25) is 0 Å². The summed E-state index contributed by atoms with van der Waals surface area (Å²) in [6.45, 7) is 0. The highest BCUT2D eigenvalue weighted by atomic mass is 16.3. The van der Waals surface area contributed by atoms with Gasteiger partial charge in [-0.05, 0) is 12.1 Å². The minimum Gasteiger partial charge on any atom is -0.506 e. The molecule has 2 aromatic rings. The van der Waals surface area contributed by atoms with Gasteiger partial charge in [0.15, 0.2) is 0 Å². The molecule has 1 aromatic carbocycles. The van der Waals surface area contributed by atoms with E-state index in [2.05, 4.69) is 10.4 Å². The molecule has 5 heteroatoms. The number of rotatable bonds is 2. The third kappa shape index (κ3) is 1.48. The molecule has 0 saturated heterocycles. The number of anilines is 1. The lowest BCUT2D eigenvalue weighted by molar-refractivity contribution is 0.470. The van der Waals surface area contributed by atoms with Crippen molar-refractivity contribution in [2.45, 2.75) is 0 Å². The number of aromatic hydroxyl groups is 1. The summed E-state index contributed by atoms with van der Waals surface area (Å²) in [5.41, 5.74) is 0.668. The van der Waals surface area contributed by atoms with Gasteiger partial charge in [-0.25, -0.2) is 4.68 Å². The first-order valence-corrected chi connectivity index (χ1v) is 4.50. The fourth-order valence-corrected chi connectivity index (χ4v) is 1.38. The van der Waals surface area contributed by atoms with Crippen LogP contribution in [-0.2, 0) is 0 Å². The molecule has 0 saturated carbocycles. The van der Waals surface area contributed by atoms with Crippen LogP contribution in [0.3, 0.4) is 0 Å². The molecule has 0 amide bonds. The molecule has 0 radical (unpaired) electrons. The minimum atomic E-state index is -0.223. The lowest BCUT2D eigenvalue weighted by Gasteiger charge is -2.02. The Kier molecular flexibility index (Phi) is 2.21. The predicted octanol–water partition coefficient (Wildman–Crippen LogP) is 0.913. The number of benzene rings is 1. The average Bonchev–Trinajstić information content (AvgIpc) is 2.60. The number of nitrogens with one attached hydrogen (secondary N) is 2. The number of nitrogens with zero attached hydrogens (tertiary/aromatic N) is 1. The maximum absolute atomic E-state index is 11.7. The van der Waals surface area contributed by atoms with E-state index >= 15 is 0 Å². The molecule has 1 heterocycles. The largest absolute Gasteiger partial charge is 0.506 e. The van der Waals surface area contributed by atoms with Crippen molar-refractivity contribution in [3.05, 3.63) is 40.8 Å². The minimum absolute atomic E-state index is 0.0594. The van der Waals surface area contributed by atoms with Crippen LogP contribution >= 0.6 is 0 Å². The van der Waals surface area contributed by atoms with Gasteiger partial charge in [0.05, 0.1) is 0 Å². The summed E-state index contributed by atoms with van der Waals surface area (Å²) in [5, 5.41) is 15.1. The van der Waals surface area contributed by atoms with Crippen molar-refractivity contribution >= 4 is 5.69 Å². The van der Waals surface area contributed by atoms with Crippen molar-refractivity contribution < 1.29 is 5.11 Å². The van der Waals surface area contributed by atoms with E-state index in [-0.39, 0.29) is 11.3 Å². The van der Waals surface area contributed by atoms with Crippen LogP contribution in [0.4, 0.5) is 5.69 Å². The van der Waals surface area contributed by atoms with Gasteiger partial charge in [0.25, 0.3) is 5.56 Å². The molecule has 0 spiro atoms. The summed E-state index contributed by atoms with van der Waals surface area (Å²) in [4.78, 5) is 11.7. The molecule has 0 atom stereocenters. The molecule has 0 aliphatic rings. The number of para-hydroxylation sites is 2. The highest BCUT2D eigenvalue weighted by Gasteiger charge is 2.08. The van der Waals surface area contributed by atoms with E-state index in [9.17, 15) is 9.90 Å². The van der Waals surface area contributed by atoms with Gasteiger partial charge in [-0.3, -0.25) is 9.89 Å². The van der Waals surface area contributed by atoms with E-state index in [0.717, 1.165) is 0 Å². The third-order valence-electron chi connectivity index (χ3n) is 2.16. The number of hydrogen-bond donors (Lipinski definition) is 3. The molecule has 5 nitrogen and oxygen atoms in total. The topological polar surface area (TPSA) is 70.1 Å². The number of H-pyrrole nitrogens is 1. The fraction of sp³-hybridized carbons (Fsp3) is 0.100. The van der Waals surface area contributed by atoms with Crippen molar-refractivity contribution in [3.8, 4) is 11.4 Å². The van der Waals surface area contributed by atoms with Crippen molar-refractivity contribution in [2.24, 2.45) is 0 Å². The van der Waals surface area contributed by atoms with Gasteiger partial charge in [-0.15, -0.1) is 0 Å². The van der Waals surface area contributed by atoms with Gasteiger partial charge >= 0.3 is 0 Å². The third-order valence-corrected chi connectivity index (χ3v) is 2.16. The molecular weight excluding hydrogens is 194 g/mol. The van der Waals surface area contributed by atoms with Crippen LogP contribution < -0.4 is 10.9 Å². The Bertz CT molecular complexity index is 527. The van der Waals surface area contributed by atoms with Gasteiger partial charge < -0.3 is 10.4 Å². The van der Waals surface area contributed by atoms with Crippen LogP contribution in [0.25, 0.3) is 5.69 Å². The maximum atomic E-state index is 11.7. The van der Waals surface area contributed by atoms with Gasteiger partial charge in [-0.2, -0.15) is 0 Å². The van der Waals surface area contributed by atoms with Gasteiger partial charge in [0.2, 0.25) is 0 Å². The van der Waals surface area contributed by atoms with Crippen LogP contribution in [-0.4, -0.2) is 21.9 Å². The number of aromatic nitrogens is 2. The van der Waals surface area contributed by atoms with Crippen LogP contribution in [0.5, 0.6) is 5.75 Å². The van der Waals surface area contributed by atoms with Crippen LogP contribution in [0.1, 0.15) is 0 Å². The van der Waals surface area contributed by atoms with E-state index in [0.29, 0.717) is 11.4 Å². The first-order valence-electron chi connectivity index (χ1n) is 4.50. The number of aromatic amines is 1. The number of hydrogen-bond acceptors (Lipinski definition) is 3. The van der Waals surface area contributed by atoms with E-state index < -0.39 is 0 Å². The Morgan fingerprint density at radius 1 is 1.40 bits per heavy atom. The standard InChI is InChI=1S/C10H11N3O2/c1-11-7-6-12-13(10(7)15)8-4-2-3-5-9(8)14/h2-6,11-12,14H,1H3. The van der Waals surface area contributed by atoms with E-state index in [1.807, 2.05) is 0 Å². The summed E-state index contributed by atoms with van der Waals surface area (Å²) in [5.74, 6) is 0.0594. The predicted molar refractivity (Wildman–Crippen MR) is 57.6 cm³/mol. The van der Waals surface area contributed by atoms with Gasteiger partial charge in [0, 0.05) is 13.2 Å². The number of phenols is 1. The van der Waals surface area contributed by atoms with Gasteiger partial charge in [0.1, 0.15) is 17.1 Å². The molecule has 15 heavy (non-hydrogen) atoms. The zero-order chi connectivity index (χ0) is 10.8. The monoisotopic (exact) mass is 205 g/mol. The molecule has 0 fully saturated rings. The van der Waals surface area contributed by atoms with Crippen molar-refractivity contribution in [3.63, 3.8) is 0 Å². The molecule has 0 unspecified atom stereocenters. The molecule has 1 aromatic heterocycles. The molecule has 0 bridgehead atoms. The van der Waals surface area contributed by atoms with Crippen molar-refractivity contribution in [1.82, 2.24) is 9.78 Å². The Morgan fingerprint density at radius 3 is 2.73 bits per heavy atom. The first-order chi connectivity index (χ1) is 7.24. The zero-order valence-corrected chi connectivity index (χ0v) is 8.19. The fourth-order valence-electron chi connectivity index (χ4n) is 1.38. The van der Waals surface area contributed by atoms with E-state index in [4.69, 9.17) is 0 Å². The maximum Gasteiger partial charge on any atom is 0.294 e. The second-order valence-corrected chi connectivity index (χ2v) is 3.07. The molecule has 0 aliphatic heterocycles. The molecule has 78 valence electrons. The smallest absolute Gasteiger partial charge is 0.294 e. The summed E-state index contributed by atoms with van der Waals surface area (Å²) in [6.07, 6.45) is 1.55. The van der Waals surface area contributed by atoms with Crippen molar-refractivity contribution in [1.29, 1.82) is 0 Å². The second-order valence-electron chi connectivity index (χ2n) is 3.07. The molecule has 3 N–H and O–H groups in total. The normalized spacial score (nSPS) is 10.2. The SMILES string of the molecule is CNc1c[nH]n(-c2ccccc2O)c1=O. The average molecular weight is 205 g/mol. The van der Waals surface area contributed by atoms with Crippen molar-refractivity contribution in [2.75, 3.05) is 12.4 Å². The Balaban J connectivity index is 2.60. The summed E-state index contributed by atoms with van der Waals surface area (Å²) >= 11 is 0. The van der Waals surface area contributed by atoms with E-state index in [1.165, 1.54) is 10.7 Å². The van der Waals surface area contributed by atoms with E-state index in [1.54, 1.807) is 31.4 Å². The molecule has 0 aliphatic carbocycles. The summed E-state index contributed by atoms with van der Waals surface area (Å²) in [7, 11) is 1.67. The summed E-state index contributed by atoms with van der Waals surface area (Å²) in [6, 6.07) is 6.64. The summed E-state index contributed by atoms with van der Waals surface area (Å²) < 4.78 is 1.28. The second kappa shape index (κ2) is 3.53. The highest BCUT2D eigenvalue weighted by Crippen LogP contribution is 2.18. The Hall–Kier alpha value is -2.17. The first kappa shape index (κ1) is 9.39. The molecular formula is C10H11N3O2. The Labute approximate surface area is 86.0 Å². The Morgan fingerprint density at radius 2 is 2.13 bits per heavy atom. The highest BCUT2D eigenvalue weighted by molar-refractivity contribution is 5.48. The molecule has 2 rings (SSSR count).